The first kappa shape index (κ1) is 14.3. The van der Waals surface area contributed by atoms with E-state index in [2.05, 4.69) is 50.0 Å². The maximum absolute atomic E-state index is 3.99. The topological polar surface area (TPSA) is 0 Å². The molecule has 0 aromatic heterocycles. The van der Waals surface area contributed by atoms with E-state index >= 15 is 0 Å². The van der Waals surface area contributed by atoms with Crippen LogP contribution < -0.4 is 0 Å². The third kappa shape index (κ3) is 2.10. The molecule has 0 radical (unpaired) electrons. The Bertz CT molecular complexity index is 614. The van der Waals surface area contributed by atoms with Gasteiger partial charge in [-0.05, 0) is 79.6 Å². The summed E-state index contributed by atoms with van der Waals surface area (Å²) in [4.78, 5) is 0. The monoisotopic (exact) mass is 306 g/mol. The zero-order valence-corrected chi connectivity index (χ0v) is 14.5. The van der Waals surface area contributed by atoms with Gasteiger partial charge >= 0.3 is 0 Å². The van der Waals surface area contributed by atoms with Gasteiger partial charge in [-0.3, -0.25) is 0 Å². The molecule has 0 aliphatic heterocycles. The number of allylic oxidation sites excluding steroid dienone is 7. The standard InChI is InChI=1S/C23H30/c1-3-4-16-13-21-20-6-5-17-15-23(11-12-23)10-8-18(17)19(20)7-9-22(21,2)14-16/h3,5-6,8,10,15-16,18-21H,1,4,7,9,11-14H2,2H3/t16?,18-,19+,20+,21-,22+/m0/s1. The summed E-state index contributed by atoms with van der Waals surface area (Å²) in [6, 6.07) is 0. The number of rotatable bonds is 2. The molecule has 0 N–H and O–H groups in total. The molecular weight excluding hydrogens is 276 g/mol. The van der Waals surface area contributed by atoms with E-state index in [9.17, 15) is 0 Å². The van der Waals surface area contributed by atoms with Crippen molar-refractivity contribution >= 4 is 0 Å². The molecule has 0 bridgehead atoms. The first-order chi connectivity index (χ1) is 11.1. The molecule has 5 rings (SSSR count). The quantitative estimate of drug-likeness (QED) is 0.542. The van der Waals surface area contributed by atoms with E-state index in [-0.39, 0.29) is 0 Å². The molecule has 3 fully saturated rings. The van der Waals surface area contributed by atoms with Crippen molar-refractivity contribution in [3.8, 4) is 0 Å². The summed E-state index contributed by atoms with van der Waals surface area (Å²) >= 11 is 0. The molecule has 3 saturated carbocycles. The van der Waals surface area contributed by atoms with Crippen molar-refractivity contribution in [3.63, 3.8) is 0 Å². The molecule has 0 nitrogen and oxygen atoms in total. The highest BCUT2D eigenvalue weighted by molar-refractivity contribution is 5.41. The normalized spacial score (nSPS) is 48.4. The van der Waals surface area contributed by atoms with Crippen molar-refractivity contribution in [3.05, 3.63) is 48.6 Å². The van der Waals surface area contributed by atoms with E-state index < -0.39 is 0 Å². The summed E-state index contributed by atoms with van der Waals surface area (Å²) in [6.45, 7) is 6.58. The minimum atomic E-state index is 0.481. The Morgan fingerprint density at radius 2 is 2.13 bits per heavy atom. The van der Waals surface area contributed by atoms with Gasteiger partial charge in [0.25, 0.3) is 0 Å². The summed E-state index contributed by atoms with van der Waals surface area (Å²) in [5.74, 6) is 4.22. The molecule has 5 aliphatic carbocycles. The van der Waals surface area contributed by atoms with Crippen LogP contribution in [0.25, 0.3) is 0 Å². The lowest BCUT2D eigenvalue weighted by molar-refractivity contribution is 0.0506. The number of hydrogen-bond donors (Lipinski definition) is 0. The Kier molecular flexibility index (Phi) is 2.95. The second-order valence-electron chi connectivity index (χ2n) is 9.49. The number of fused-ring (bicyclic) bond motifs is 5. The molecule has 0 heterocycles. The second kappa shape index (κ2) is 4.74. The van der Waals surface area contributed by atoms with E-state index in [4.69, 9.17) is 0 Å². The maximum atomic E-state index is 3.99. The first-order valence-electron chi connectivity index (χ1n) is 9.84. The van der Waals surface area contributed by atoms with Gasteiger partial charge in [0.05, 0.1) is 0 Å². The zero-order valence-electron chi connectivity index (χ0n) is 14.5. The van der Waals surface area contributed by atoms with Gasteiger partial charge in [0, 0.05) is 11.3 Å². The van der Waals surface area contributed by atoms with Crippen LogP contribution in [0.4, 0.5) is 0 Å². The summed E-state index contributed by atoms with van der Waals surface area (Å²) in [5.41, 5.74) is 2.72. The van der Waals surface area contributed by atoms with Crippen LogP contribution in [-0.2, 0) is 0 Å². The van der Waals surface area contributed by atoms with Gasteiger partial charge < -0.3 is 0 Å². The van der Waals surface area contributed by atoms with Gasteiger partial charge in [-0.2, -0.15) is 0 Å². The molecule has 23 heavy (non-hydrogen) atoms. The molecule has 1 unspecified atom stereocenters. The minimum absolute atomic E-state index is 0.481. The van der Waals surface area contributed by atoms with Gasteiger partial charge in [0.2, 0.25) is 0 Å². The molecule has 0 heteroatoms. The molecule has 1 spiro atoms. The lowest BCUT2D eigenvalue weighted by atomic mass is 9.55. The third-order valence-electron chi connectivity index (χ3n) is 8.02. The fourth-order valence-electron chi connectivity index (χ4n) is 6.65. The molecule has 122 valence electrons. The van der Waals surface area contributed by atoms with Crippen molar-refractivity contribution in [1.82, 2.24) is 0 Å². The smallest absolute Gasteiger partial charge is 0.00680 e. The fourth-order valence-corrected chi connectivity index (χ4v) is 6.65. The van der Waals surface area contributed by atoms with Crippen molar-refractivity contribution in [1.29, 1.82) is 0 Å². The first-order valence-corrected chi connectivity index (χ1v) is 9.84. The van der Waals surface area contributed by atoms with Crippen LogP contribution in [0.3, 0.4) is 0 Å². The Morgan fingerprint density at radius 3 is 2.91 bits per heavy atom. The average molecular weight is 306 g/mol. The van der Waals surface area contributed by atoms with Gasteiger partial charge in [-0.25, -0.2) is 0 Å². The molecular formula is C23H30. The Balaban J connectivity index is 1.46. The predicted molar refractivity (Wildman–Crippen MR) is 96.9 cm³/mol. The molecule has 6 atom stereocenters. The largest absolute Gasteiger partial charge is 0.103 e. The molecule has 0 aromatic rings. The van der Waals surface area contributed by atoms with E-state index in [1.165, 1.54) is 44.9 Å². The summed E-state index contributed by atoms with van der Waals surface area (Å²) < 4.78 is 0. The van der Waals surface area contributed by atoms with Crippen molar-refractivity contribution in [2.24, 2.45) is 40.4 Å². The van der Waals surface area contributed by atoms with E-state index in [1.807, 2.05) is 0 Å². The van der Waals surface area contributed by atoms with Crippen LogP contribution in [0, 0.1) is 40.4 Å². The highest BCUT2D eigenvalue weighted by Gasteiger charge is 2.53. The minimum Gasteiger partial charge on any atom is -0.103 e. The second-order valence-corrected chi connectivity index (χ2v) is 9.49. The summed E-state index contributed by atoms with van der Waals surface area (Å²) in [6.07, 6.45) is 24.8. The lowest BCUT2D eigenvalue weighted by Crippen LogP contribution is -2.42. The summed E-state index contributed by atoms with van der Waals surface area (Å²) in [7, 11) is 0. The van der Waals surface area contributed by atoms with Crippen LogP contribution in [0.5, 0.6) is 0 Å². The van der Waals surface area contributed by atoms with Crippen molar-refractivity contribution in [2.75, 3.05) is 0 Å². The Morgan fingerprint density at radius 1 is 1.26 bits per heavy atom. The van der Waals surface area contributed by atoms with Crippen molar-refractivity contribution < 1.29 is 0 Å². The summed E-state index contributed by atoms with van der Waals surface area (Å²) in [5, 5.41) is 0. The van der Waals surface area contributed by atoms with Crippen LogP contribution in [0.1, 0.15) is 51.9 Å². The van der Waals surface area contributed by atoms with Crippen LogP contribution in [-0.4, -0.2) is 0 Å². The molecule has 0 saturated heterocycles. The lowest BCUT2D eigenvalue weighted by Gasteiger charge is -2.50. The Hall–Kier alpha value is -1.04. The van der Waals surface area contributed by atoms with E-state index in [0.717, 1.165) is 29.6 Å². The van der Waals surface area contributed by atoms with Gasteiger partial charge in [0.15, 0.2) is 0 Å². The average Bonchev–Trinajstić information content (AvgIpc) is 3.18. The molecule has 0 aromatic carbocycles. The highest BCUT2D eigenvalue weighted by Crippen LogP contribution is 2.63. The Labute approximate surface area is 141 Å². The molecule has 0 amide bonds. The number of hydrogen-bond acceptors (Lipinski definition) is 0. The van der Waals surface area contributed by atoms with Gasteiger partial charge in [-0.1, -0.05) is 43.4 Å². The fraction of sp³-hybridized carbons (Fsp3) is 0.652. The van der Waals surface area contributed by atoms with Crippen molar-refractivity contribution in [2.45, 2.75) is 51.9 Å². The maximum Gasteiger partial charge on any atom is 0.00680 e. The van der Waals surface area contributed by atoms with Gasteiger partial charge in [0.1, 0.15) is 0 Å². The van der Waals surface area contributed by atoms with Crippen LogP contribution in [0.2, 0.25) is 0 Å². The highest BCUT2D eigenvalue weighted by atomic mass is 14.6. The van der Waals surface area contributed by atoms with Crippen LogP contribution in [0.15, 0.2) is 48.6 Å². The van der Waals surface area contributed by atoms with Gasteiger partial charge in [-0.15, -0.1) is 6.58 Å². The van der Waals surface area contributed by atoms with Crippen LogP contribution >= 0.6 is 0 Å². The van der Waals surface area contributed by atoms with E-state index in [0.29, 0.717) is 10.8 Å². The SMILES string of the molecule is C=CCC1C[C@H]2[C@@H]3C=CC4=CC5(C=C[C@@H]4[C@H]3CC[C@]2(C)C1)CC5. The van der Waals surface area contributed by atoms with E-state index in [1.54, 1.807) is 5.57 Å². The predicted octanol–water partition coefficient (Wildman–Crippen LogP) is 6.08. The zero-order chi connectivity index (χ0) is 15.7. The third-order valence-corrected chi connectivity index (χ3v) is 8.02. The molecule has 5 aliphatic rings.